The highest BCUT2D eigenvalue weighted by atomic mass is 32.2. The molecule has 0 atom stereocenters. The van der Waals surface area contributed by atoms with Crippen molar-refractivity contribution in [3.05, 3.63) is 59.9 Å². The van der Waals surface area contributed by atoms with E-state index in [1.54, 1.807) is 7.11 Å². The summed E-state index contributed by atoms with van der Waals surface area (Å²) in [5.41, 5.74) is 2.47. The van der Waals surface area contributed by atoms with E-state index in [2.05, 4.69) is 40.6 Å². The first-order valence-electron chi connectivity index (χ1n) is 7.20. The Hall–Kier alpha value is -1.36. The summed E-state index contributed by atoms with van der Waals surface area (Å²) in [7, 11) is 1.72. The lowest BCUT2D eigenvalue weighted by Crippen LogP contribution is -2.18. The Kier molecular flexibility index (Phi) is 7.29. The van der Waals surface area contributed by atoms with Crippen LogP contribution in [0.25, 0.3) is 0 Å². The minimum Gasteiger partial charge on any atom is -0.383 e. The quantitative estimate of drug-likeness (QED) is 0.570. The Labute approximate surface area is 131 Å². The Balaban J connectivity index is 1.75. The number of nitrogens with zero attached hydrogens (tertiary/aromatic N) is 1. The zero-order valence-corrected chi connectivity index (χ0v) is 13.2. The van der Waals surface area contributed by atoms with Crippen LogP contribution in [0.1, 0.15) is 11.3 Å². The molecule has 0 aliphatic heterocycles. The van der Waals surface area contributed by atoms with E-state index in [1.807, 2.05) is 30.1 Å². The molecule has 0 saturated carbocycles. The molecule has 0 spiro atoms. The fraction of sp³-hybridized carbons (Fsp3) is 0.353. The smallest absolute Gasteiger partial charge is 0.0587 e. The second-order valence-corrected chi connectivity index (χ2v) is 5.90. The van der Waals surface area contributed by atoms with Crippen LogP contribution >= 0.6 is 11.8 Å². The molecule has 4 heteroatoms. The molecule has 0 saturated heterocycles. The summed E-state index contributed by atoms with van der Waals surface area (Å²) in [6.45, 7) is 2.52. The van der Waals surface area contributed by atoms with Gasteiger partial charge in [-0.15, -0.1) is 11.8 Å². The number of ether oxygens (including phenoxy) is 1. The minimum absolute atomic E-state index is 0.749. The molecule has 1 heterocycles. The van der Waals surface area contributed by atoms with Crippen LogP contribution in [0.5, 0.6) is 0 Å². The van der Waals surface area contributed by atoms with E-state index in [9.17, 15) is 0 Å². The predicted octanol–water partition coefficient (Wildman–Crippen LogP) is 3.15. The Bertz CT molecular complexity index is 519. The van der Waals surface area contributed by atoms with E-state index < -0.39 is 0 Å². The van der Waals surface area contributed by atoms with Gasteiger partial charge in [0.25, 0.3) is 0 Å². The van der Waals surface area contributed by atoms with Crippen molar-refractivity contribution in [2.24, 2.45) is 0 Å². The van der Waals surface area contributed by atoms with Crippen molar-refractivity contribution in [2.75, 3.05) is 26.0 Å². The summed E-state index contributed by atoms with van der Waals surface area (Å²) < 4.78 is 5.03. The summed E-state index contributed by atoms with van der Waals surface area (Å²) in [4.78, 5) is 5.67. The number of nitrogens with one attached hydrogen (secondary N) is 1. The minimum atomic E-state index is 0.749. The molecule has 1 aromatic carbocycles. The number of benzene rings is 1. The highest BCUT2D eigenvalue weighted by Crippen LogP contribution is 2.20. The number of methoxy groups -OCH3 is 1. The monoisotopic (exact) mass is 302 g/mol. The van der Waals surface area contributed by atoms with Crippen LogP contribution in [0.2, 0.25) is 0 Å². The van der Waals surface area contributed by atoms with Gasteiger partial charge in [-0.25, -0.2) is 0 Å². The summed E-state index contributed by atoms with van der Waals surface area (Å²) in [6, 6.07) is 14.8. The highest BCUT2D eigenvalue weighted by Gasteiger charge is 1.99. The van der Waals surface area contributed by atoms with Crippen molar-refractivity contribution >= 4 is 11.8 Å². The summed E-state index contributed by atoms with van der Waals surface area (Å²) in [6.07, 6.45) is 2.86. The molecule has 0 bridgehead atoms. The van der Waals surface area contributed by atoms with Gasteiger partial charge in [-0.3, -0.25) is 4.98 Å². The lowest BCUT2D eigenvalue weighted by atomic mass is 10.2. The van der Waals surface area contributed by atoms with Crippen LogP contribution < -0.4 is 5.32 Å². The highest BCUT2D eigenvalue weighted by molar-refractivity contribution is 7.99. The molecular weight excluding hydrogens is 280 g/mol. The SMILES string of the molecule is COCCNCc1cccc(SCCc2ccccn2)c1. The maximum absolute atomic E-state index is 5.03. The second-order valence-electron chi connectivity index (χ2n) is 4.74. The Morgan fingerprint density at radius 2 is 2.14 bits per heavy atom. The molecule has 0 aliphatic carbocycles. The third kappa shape index (κ3) is 6.29. The van der Waals surface area contributed by atoms with Gasteiger partial charge >= 0.3 is 0 Å². The standard InChI is InChI=1S/C17H22N2OS/c1-20-11-10-18-14-15-5-4-7-17(13-15)21-12-8-16-6-2-3-9-19-16/h2-7,9,13,18H,8,10-12,14H2,1H3. The van der Waals surface area contributed by atoms with Crippen LogP contribution in [0.3, 0.4) is 0 Å². The molecule has 3 nitrogen and oxygen atoms in total. The first-order chi connectivity index (χ1) is 10.4. The van der Waals surface area contributed by atoms with Crippen LogP contribution in [-0.4, -0.2) is 31.0 Å². The zero-order chi connectivity index (χ0) is 14.8. The van der Waals surface area contributed by atoms with Gasteiger partial charge in [0.2, 0.25) is 0 Å². The zero-order valence-electron chi connectivity index (χ0n) is 12.4. The summed E-state index contributed by atoms with van der Waals surface area (Å²) >= 11 is 1.88. The number of rotatable bonds is 9. The third-order valence-corrected chi connectivity index (χ3v) is 4.06. The van der Waals surface area contributed by atoms with Crippen molar-refractivity contribution in [2.45, 2.75) is 17.9 Å². The van der Waals surface area contributed by atoms with Crippen LogP contribution in [-0.2, 0) is 17.7 Å². The van der Waals surface area contributed by atoms with Gasteiger partial charge < -0.3 is 10.1 Å². The molecule has 0 unspecified atom stereocenters. The third-order valence-electron chi connectivity index (χ3n) is 3.06. The van der Waals surface area contributed by atoms with E-state index in [1.165, 1.54) is 10.5 Å². The van der Waals surface area contributed by atoms with Gasteiger partial charge in [0.15, 0.2) is 0 Å². The molecule has 0 amide bonds. The Morgan fingerprint density at radius 3 is 2.95 bits per heavy atom. The van der Waals surface area contributed by atoms with Gasteiger partial charge in [-0.05, 0) is 36.2 Å². The lowest BCUT2D eigenvalue weighted by Gasteiger charge is -2.07. The van der Waals surface area contributed by atoms with E-state index >= 15 is 0 Å². The molecule has 0 fully saturated rings. The number of hydrogen-bond acceptors (Lipinski definition) is 4. The second kappa shape index (κ2) is 9.55. The molecule has 21 heavy (non-hydrogen) atoms. The average molecular weight is 302 g/mol. The molecule has 1 N–H and O–H groups in total. The maximum atomic E-state index is 5.03. The molecule has 1 aromatic heterocycles. The molecule has 112 valence electrons. The van der Waals surface area contributed by atoms with Gasteiger partial charge in [0, 0.05) is 42.7 Å². The van der Waals surface area contributed by atoms with Crippen molar-refractivity contribution in [3.8, 4) is 0 Å². The number of aryl methyl sites for hydroxylation is 1. The molecule has 2 rings (SSSR count). The molecule has 0 radical (unpaired) electrons. The topological polar surface area (TPSA) is 34.1 Å². The van der Waals surface area contributed by atoms with Crippen molar-refractivity contribution in [3.63, 3.8) is 0 Å². The lowest BCUT2D eigenvalue weighted by molar-refractivity contribution is 0.199. The van der Waals surface area contributed by atoms with Crippen LogP contribution in [0.4, 0.5) is 0 Å². The van der Waals surface area contributed by atoms with E-state index in [4.69, 9.17) is 4.74 Å². The summed E-state index contributed by atoms with van der Waals surface area (Å²) in [5, 5.41) is 3.37. The molecular formula is C17H22N2OS. The number of hydrogen-bond donors (Lipinski definition) is 1. The average Bonchev–Trinajstić information content (AvgIpc) is 2.53. The van der Waals surface area contributed by atoms with E-state index in [0.717, 1.165) is 37.6 Å². The largest absolute Gasteiger partial charge is 0.383 e. The van der Waals surface area contributed by atoms with Crippen LogP contribution in [0.15, 0.2) is 53.6 Å². The van der Waals surface area contributed by atoms with E-state index in [0.29, 0.717) is 0 Å². The molecule has 2 aromatic rings. The number of thioether (sulfide) groups is 1. The van der Waals surface area contributed by atoms with Gasteiger partial charge in [0.1, 0.15) is 0 Å². The fourth-order valence-corrected chi connectivity index (χ4v) is 2.93. The summed E-state index contributed by atoms with van der Waals surface area (Å²) in [5.74, 6) is 1.05. The normalized spacial score (nSPS) is 10.7. The van der Waals surface area contributed by atoms with Crippen LogP contribution in [0, 0.1) is 0 Å². The van der Waals surface area contributed by atoms with Crippen molar-refractivity contribution < 1.29 is 4.74 Å². The number of pyridine rings is 1. The van der Waals surface area contributed by atoms with Gasteiger partial charge in [0.05, 0.1) is 6.61 Å². The van der Waals surface area contributed by atoms with Gasteiger partial charge in [-0.1, -0.05) is 18.2 Å². The first kappa shape index (κ1) is 16.0. The van der Waals surface area contributed by atoms with E-state index in [-0.39, 0.29) is 0 Å². The fourth-order valence-electron chi connectivity index (χ4n) is 1.97. The Morgan fingerprint density at radius 1 is 1.19 bits per heavy atom. The first-order valence-corrected chi connectivity index (χ1v) is 8.18. The van der Waals surface area contributed by atoms with Crippen molar-refractivity contribution in [1.29, 1.82) is 0 Å². The number of aromatic nitrogens is 1. The maximum Gasteiger partial charge on any atom is 0.0587 e. The van der Waals surface area contributed by atoms with Gasteiger partial charge in [-0.2, -0.15) is 0 Å². The predicted molar refractivity (Wildman–Crippen MR) is 88.7 cm³/mol. The van der Waals surface area contributed by atoms with Crippen molar-refractivity contribution in [1.82, 2.24) is 10.3 Å². The molecule has 0 aliphatic rings.